The van der Waals surface area contributed by atoms with Crippen LogP contribution in [0.1, 0.15) is 30.8 Å². The molecular weight excluding hydrogens is 268 g/mol. The smallest absolute Gasteiger partial charge is 0.289 e. The Morgan fingerprint density at radius 3 is 2.71 bits per heavy atom. The highest BCUT2D eigenvalue weighted by molar-refractivity contribution is 5.92. The lowest BCUT2D eigenvalue weighted by Crippen LogP contribution is -2.34. The van der Waals surface area contributed by atoms with E-state index in [-0.39, 0.29) is 23.7 Å². The molecule has 1 heterocycles. The summed E-state index contributed by atoms with van der Waals surface area (Å²) >= 11 is 0. The van der Waals surface area contributed by atoms with Crippen molar-refractivity contribution >= 4 is 5.91 Å². The largest absolute Gasteiger partial charge is 0.396 e. The lowest BCUT2D eigenvalue weighted by Gasteiger charge is -2.23. The maximum Gasteiger partial charge on any atom is 0.289 e. The molecule has 5 heteroatoms. The van der Waals surface area contributed by atoms with Crippen LogP contribution in [0.4, 0.5) is 0 Å². The molecule has 0 aliphatic rings. The summed E-state index contributed by atoms with van der Waals surface area (Å²) in [7, 11) is 0. The van der Waals surface area contributed by atoms with Crippen molar-refractivity contribution in [3.8, 4) is 11.3 Å². The Kier molecular flexibility index (Phi) is 4.75. The highest BCUT2D eigenvalue weighted by Crippen LogP contribution is 2.20. The Labute approximate surface area is 124 Å². The van der Waals surface area contributed by atoms with E-state index in [0.29, 0.717) is 18.7 Å². The average Bonchev–Trinajstić information content (AvgIpc) is 2.96. The predicted octanol–water partition coefficient (Wildman–Crippen LogP) is 2.48. The number of rotatable bonds is 6. The first-order valence-electron chi connectivity index (χ1n) is 6.93. The maximum atomic E-state index is 12.0. The van der Waals surface area contributed by atoms with Crippen LogP contribution in [0.2, 0.25) is 0 Å². The number of carbonyl (C=O) groups excluding carboxylic acids is 1. The molecule has 0 saturated carbocycles. The number of nitrogens with zero attached hydrogens (tertiary/aromatic N) is 1. The zero-order valence-corrected chi connectivity index (χ0v) is 12.3. The summed E-state index contributed by atoms with van der Waals surface area (Å²) in [6, 6.07) is 11.2. The van der Waals surface area contributed by atoms with E-state index in [9.17, 15) is 4.79 Å². The second-order valence-corrected chi connectivity index (χ2v) is 5.76. The summed E-state index contributed by atoms with van der Waals surface area (Å²) in [4.78, 5) is 12.0. The second kappa shape index (κ2) is 6.54. The van der Waals surface area contributed by atoms with Gasteiger partial charge in [0.05, 0.1) is 0 Å². The van der Waals surface area contributed by atoms with Crippen molar-refractivity contribution in [1.29, 1.82) is 0 Å². The van der Waals surface area contributed by atoms with Gasteiger partial charge in [0.25, 0.3) is 5.91 Å². The molecule has 5 nitrogen and oxygen atoms in total. The number of hydrogen-bond acceptors (Lipinski definition) is 4. The quantitative estimate of drug-likeness (QED) is 0.856. The van der Waals surface area contributed by atoms with Gasteiger partial charge in [-0.25, -0.2) is 0 Å². The summed E-state index contributed by atoms with van der Waals surface area (Å²) in [6.45, 7) is 4.54. The molecule has 0 fully saturated rings. The van der Waals surface area contributed by atoms with E-state index >= 15 is 0 Å². The van der Waals surface area contributed by atoms with Crippen LogP contribution in [-0.4, -0.2) is 29.3 Å². The number of hydrogen-bond donors (Lipinski definition) is 2. The molecule has 21 heavy (non-hydrogen) atoms. The minimum absolute atomic E-state index is 0.101. The van der Waals surface area contributed by atoms with Gasteiger partial charge in [0.1, 0.15) is 5.69 Å². The van der Waals surface area contributed by atoms with Crippen molar-refractivity contribution in [2.45, 2.75) is 20.3 Å². The fourth-order valence-corrected chi connectivity index (χ4v) is 1.92. The van der Waals surface area contributed by atoms with Gasteiger partial charge in [0.15, 0.2) is 0 Å². The van der Waals surface area contributed by atoms with Crippen molar-refractivity contribution in [2.75, 3.05) is 13.2 Å². The molecular formula is C16H20N2O3. The van der Waals surface area contributed by atoms with Gasteiger partial charge in [-0.15, -0.1) is 0 Å². The molecule has 0 radical (unpaired) electrons. The van der Waals surface area contributed by atoms with E-state index in [0.717, 1.165) is 5.56 Å². The highest BCUT2D eigenvalue weighted by atomic mass is 16.5. The van der Waals surface area contributed by atoms with Crippen LogP contribution in [0, 0.1) is 5.41 Å². The zero-order valence-electron chi connectivity index (χ0n) is 12.3. The predicted molar refractivity (Wildman–Crippen MR) is 79.8 cm³/mol. The number of aliphatic hydroxyl groups excluding tert-OH is 1. The molecule has 1 aromatic carbocycles. The Balaban J connectivity index is 2.00. The van der Waals surface area contributed by atoms with E-state index in [1.165, 1.54) is 0 Å². The van der Waals surface area contributed by atoms with Gasteiger partial charge in [-0.1, -0.05) is 49.3 Å². The van der Waals surface area contributed by atoms with Crippen molar-refractivity contribution in [2.24, 2.45) is 5.41 Å². The summed E-state index contributed by atoms with van der Waals surface area (Å²) in [5, 5.41) is 15.7. The van der Waals surface area contributed by atoms with Crippen LogP contribution in [0.15, 0.2) is 40.9 Å². The highest BCUT2D eigenvalue weighted by Gasteiger charge is 2.20. The number of aromatic nitrogens is 1. The molecule has 112 valence electrons. The van der Waals surface area contributed by atoms with Gasteiger partial charge in [0, 0.05) is 24.8 Å². The van der Waals surface area contributed by atoms with Gasteiger partial charge in [-0.3, -0.25) is 4.79 Å². The molecule has 1 amide bonds. The Hall–Kier alpha value is -2.14. The van der Waals surface area contributed by atoms with Gasteiger partial charge in [-0.2, -0.15) is 0 Å². The standard InChI is InChI=1S/C16H20N2O3/c1-16(2,8-9-19)11-17-15(20)14-10-13(18-21-14)12-6-4-3-5-7-12/h3-7,10,19H,8-9,11H2,1-2H3,(H,17,20). The summed E-state index contributed by atoms with van der Waals surface area (Å²) in [5.74, 6) is -0.107. The van der Waals surface area contributed by atoms with Gasteiger partial charge in [0.2, 0.25) is 5.76 Å². The van der Waals surface area contributed by atoms with Crippen molar-refractivity contribution in [1.82, 2.24) is 10.5 Å². The van der Waals surface area contributed by atoms with Crippen molar-refractivity contribution in [3.63, 3.8) is 0 Å². The van der Waals surface area contributed by atoms with Crippen LogP contribution in [0.25, 0.3) is 11.3 Å². The lowest BCUT2D eigenvalue weighted by atomic mass is 9.90. The lowest BCUT2D eigenvalue weighted by molar-refractivity contribution is 0.0891. The van der Waals surface area contributed by atoms with E-state index < -0.39 is 0 Å². The molecule has 1 aromatic heterocycles. The van der Waals surface area contributed by atoms with E-state index in [2.05, 4.69) is 10.5 Å². The van der Waals surface area contributed by atoms with E-state index in [1.807, 2.05) is 44.2 Å². The maximum absolute atomic E-state index is 12.0. The normalized spacial score (nSPS) is 11.4. The summed E-state index contributed by atoms with van der Waals surface area (Å²) in [5.41, 5.74) is 1.38. The molecule has 0 unspecified atom stereocenters. The first-order valence-corrected chi connectivity index (χ1v) is 6.93. The fourth-order valence-electron chi connectivity index (χ4n) is 1.92. The van der Waals surface area contributed by atoms with Gasteiger partial charge >= 0.3 is 0 Å². The van der Waals surface area contributed by atoms with Gasteiger partial charge in [-0.05, 0) is 11.8 Å². The average molecular weight is 288 g/mol. The third-order valence-corrected chi connectivity index (χ3v) is 3.32. The number of benzene rings is 1. The Morgan fingerprint density at radius 2 is 2.05 bits per heavy atom. The Morgan fingerprint density at radius 1 is 1.33 bits per heavy atom. The number of nitrogens with one attached hydrogen (secondary N) is 1. The zero-order chi connectivity index (χ0) is 15.3. The third-order valence-electron chi connectivity index (χ3n) is 3.32. The minimum Gasteiger partial charge on any atom is -0.396 e. The molecule has 0 bridgehead atoms. The molecule has 2 aromatic rings. The van der Waals surface area contributed by atoms with Crippen LogP contribution in [0.5, 0.6) is 0 Å². The molecule has 2 N–H and O–H groups in total. The molecule has 0 aliphatic carbocycles. The molecule has 0 aliphatic heterocycles. The third kappa shape index (κ3) is 4.16. The monoisotopic (exact) mass is 288 g/mol. The van der Waals surface area contributed by atoms with Crippen LogP contribution >= 0.6 is 0 Å². The van der Waals surface area contributed by atoms with Crippen molar-refractivity contribution < 1.29 is 14.4 Å². The molecule has 2 rings (SSSR count). The van der Waals surface area contributed by atoms with Crippen LogP contribution in [0.3, 0.4) is 0 Å². The SMILES string of the molecule is CC(C)(CCO)CNC(=O)c1cc(-c2ccccc2)no1. The number of carbonyl (C=O) groups is 1. The minimum atomic E-state index is -0.296. The van der Waals surface area contributed by atoms with Crippen molar-refractivity contribution in [3.05, 3.63) is 42.2 Å². The first-order chi connectivity index (χ1) is 10.0. The second-order valence-electron chi connectivity index (χ2n) is 5.76. The first kappa shape index (κ1) is 15.3. The van der Waals surface area contributed by atoms with Crippen LogP contribution < -0.4 is 5.32 Å². The number of aliphatic hydroxyl groups is 1. The van der Waals surface area contributed by atoms with Gasteiger partial charge < -0.3 is 14.9 Å². The fraction of sp³-hybridized carbons (Fsp3) is 0.375. The number of amides is 1. The molecule has 0 atom stereocenters. The van der Waals surface area contributed by atoms with Crippen LogP contribution in [-0.2, 0) is 0 Å². The molecule has 0 spiro atoms. The summed E-state index contributed by atoms with van der Waals surface area (Å²) in [6.07, 6.45) is 0.624. The Bertz CT molecular complexity index is 591. The van der Waals surface area contributed by atoms with E-state index in [4.69, 9.17) is 9.63 Å². The topological polar surface area (TPSA) is 75.4 Å². The molecule has 0 saturated heterocycles. The van der Waals surface area contributed by atoms with E-state index in [1.54, 1.807) is 6.07 Å². The summed E-state index contributed by atoms with van der Waals surface area (Å²) < 4.78 is 5.09.